The van der Waals surface area contributed by atoms with Crippen molar-refractivity contribution in [3.8, 4) is 5.75 Å². The average Bonchev–Trinajstić information content (AvgIpc) is 2.29. The summed E-state index contributed by atoms with van der Waals surface area (Å²) in [5.41, 5.74) is 0.638. The Bertz CT molecular complexity index is 371. The van der Waals surface area contributed by atoms with Crippen LogP contribution in [0.25, 0.3) is 0 Å². The summed E-state index contributed by atoms with van der Waals surface area (Å²) in [6.45, 7) is 5.35. The molecule has 0 aromatic heterocycles. The molecule has 1 N–H and O–H groups in total. The summed E-state index contributed by atoms with van der Waals surface area (Å²) in [7, 11) is 0. The number of hydrogen-bond acceptors (Lipinski definition) is 3. The Morgan fingerprint density at radius 1 is 1.56 bits per heavy atom. The van der Waals surface area contributed by atoms with Crippen LogP contribution < -0.4 is 0 Å². The normalized spacial score (nSPS) is 11.8. The maximum Gasteiger partial charge on any atom is 0.330 e. The number of phenols is 1. The van der Waals surface area contributed by atoms with Crippen LogP contribution in [0.15, 0.2) is 36.9 Å². The third kappa shape index (κ3) is 3.12. The standard InChI is InChI=1S/C13H16O3/c1-3-7-12(16-13(15)4-2)10-8-5-6-9-11(10)14/h4-6,8-9,12,14H,2-3,7H2,1H3. The molecule has 0 saturated carbocycles. The summed E-state index contributed by atoms with van der Waals surface area (Å²) in [6.07, 6.45) is 2.26. The SMILES string of the molecule is C=CC(=O)OC(CCC)c1ccccc1O. The van der Waals surface area contributed by atoms with Crippen LogP contribution in [0.5, 0.6) is 5.75 Å². The zero-order valence-electron chi connectivity index (χ0n) is 9.35. The van der Waals surface area contributed by atoms with E-state index in [0.717, 1.165) is 12.5 Å². The van der Waals surface area contributed by atoms with Crippen LogP contribution in [-0.4, -0.2) is 11.1 Å². The van der Waals surface area contributed by atoms with E-state index < -0.39 is 12.1 Å². The Hall–Kier alpha value is -1.77. The molecule has 16 heavy (non-hydrogen) atoms. The molecule has 0 aliphatic heterocycles. The molecule has 1 aromatic carbocycles. The Labute approximate surface area is 95.4 Å². The monoisotopic (exact) mass is 220 g/mol. The number of aromatic hydroxyl groups is 1. The highest BCUT2D eigenvalue weighted by Crippen LogP contribution is 2.29. The molecular weight excluding hydrogens is 204 g/mol. The van der Waals surface area contributed by atoms with E-state index in [9.17, 15) is 9.90 Å². The van der Waals surface area contributed by atoms with Crippen LogP contribution in [0, 0.1) is 0 Å². The van der Waals surface area contributed by atoms with Crippen molar-refractivity contribution in [2.75, 3.05) is 0 Å². The third-order valence-electron chi connectivity index (χ3n) is 2.26. The molecule has 0 fully saturated rings. The number of carbonyl (C=O) groups excluding carboxylic acids is 1. The maximum absolute atomic E-state index is 11.2. The highest BCUT2D eigenvalue weighted by atomic mass is 16.5. The Balaban J connectivity index is 2.88. The van der Waals surface area contributed by atoms with Crippen molar-refractivity contribution < 1.29 is 14.6 Å². The van der Waals surface area contributed by atoms with Crippen molar-refractivity contribution in [3.63, 3.8) is 0 Å². The highest BCUT2D eigenvalue weighted by molar-refractivity contribution is 5.81. The summed E-state index contributed by atoms with van der Waals surface area (Å²) < 4.78 is 5.19. The first kappa shape index (κ1) is 12.3. The molecule has 3 heteroatoms. The van der Waals surface area contributed by atoms with E-state index in [-0.39, 0.29) is 5.75 Å². The smallest absolute Gasteiger partial charge is 0.330 e. The van der Waals surface area contributed by atoms with Gasteiger partial charge in [-0.2, -0.15) is 0 Å². The Morgan fingerprint density at radius 2 is 2.25 bits per heavy atom. The number of para-hydroxylation sites is 1. The van der Waals surface area contributed by atoms with E-state index in [2.05, 4.69) is 6.58 Å². The van der Waals surface area contributed by atoms with E-state index >= 15 is 0 Å². The lowest BCUT2D eigenvalue weighted by molar-refractivity contribution is -0.143. The number of ether oxygens (including phenoxy) is 1. The molecule has 0 radical (unpaired) electrons. The first-order chi connectivity index (χ1) is 7.69. The fourth-order valence-corrected chi connectivity index (χ4v) is 1.49. The summed E-state index contributed by atoms with van der Waals surface area (Å²) >= 11 is 0. The van der Waals surface area contributed by atoms with Gasteiger partial charge in [-0.15, -0.1) is 0 Å². The molecule has 1 rings (SSSR count). The number of benzene rings is 1. The van der Waals surface area contributed by atoms with Crippen LogP contribution in [-0.2, 0) is 9.53 Å². The first-order valence-electron chi connectivity index (χ1n) is 5.30. The largest absolute Gasteiger partial charge is 0.508 e. The van der Waals surface area contributed by atoms with Gasteiger partial charge in [0.2, 0.25) is 0 Å². The van der Waals surface area contributed by atoms with Crippen LogP contribution in [0.2, 0.25) is 0 Å². The average molecular weight is 220 g/mol. The lowest BCUT2D eigenvalue weighted by Gasteiger charge is -2.17. The molecule has 86 valence electrons. The predicted molar refractivity (Wildman–Crippen MR) is 62.0 cm³/mol. The molecule has 0 bridgehead atoms. The lowest BCUT2D eigenvalue weighted by Crippen LogP contribution is -2.09. The van der Waals surface area contributed by atoms with Gasteiger partial charge in [0.1, 0.15) is 11.9 Å². The minimum atomic E-state index is -0.471. The number of rotatable bonds is 5. The van der Waals surface area contributed by atoms with Gasteiger partial charge < -0.3 is 9.84 Å². The van der Waals surface area contributed by atoms with Crippen LogP contribution in [0.1, 0.15) is 31.4 Å². The lowest BCUT2D eigenvalue weighted by atomic mass is 10.0. The molecule has 0 spiro atoms. The van der Waals surface area contributed by atoms with Gasteiger partial charge in [0.05, 0.1) is 0 Å². The summed E-state index contributed by atoms with van der Waals surface area (Å²) in [4.78, 5) is 11.2. The van der Waals surface area contributed by atoms with E-state index in [1.165, 1.54) is 0 Å². The summed E-state index contributed by atoms with van der Waals surface area (Å²) in [5, 5.41) is 9.68. The minimum absolute atomic E-state index is 0.151. The second-order valence-corrected chi connectivity index (χ2v) is 3.48. The second kappa shape index (κ2) is 5.95. The number of carbonyl (C=O) groups is 1. The van der Waals surface area contributed by atoms with Crippen molar-refractivity contribution in [3.05, 3.63) is 42.5 Å². The zero-order chi connectivity index (χ0) is 12.0. The van der Waals surface area contributed by atoms with Gasteiger partial charge in [0.25, 0.3) is 0 Å². The molecule has 0 aliphatic carbocycles. The van der Waals surface area contributed by atoms with Gasteiger partial charge in [-0.1, -0.05) is 38.1 Å². The maximum atomic E-state index is 11.2. The third-order valence-corrected chi connectivity index (χ3v) is 2.26. The number of phenolic OH excluding ortho intramolecular Hbond substituents is 1. The van der Waals surface area contributed by atoms with Crippen molar-refractivity contribution in [2.45, 2.75) is 25.9 Å². The van der Waals surface area contributed by atoms with E-state index in [1.54, 1.807) is 24.3 Å². The second-order valence-electron chi connectivity index (χ2n) is 3.48. The quantitative estimate of drug-likeness (QED) is 0.613. The van der Waals surface area contributed by atoms with Gasteiger partial charge in [0.15, 0.2) is 0 Å². The molecule has 0 amide bonds. The van der Waals surface area contributed by atoms with Crippen LogP contribution in [0.4, 0.5) is 0 Å². The Morgan fingerprint density at radius 3 is 2.81 bits per heavy atom. The van der Waals surface area contributed by atoms with Crippen molar-refractivity contribution in [1.29, 1.82) is 0 Å². The molecule has 0 aliphatic rings. The molecule has 1 unspecified atom stereocenters. The molecule has 1 atom stereocenters. The number of esters is 1. The first-order valence-corrected chi connectivity index (χ1v) is 5.30. The highest BCUT2D eigenvalue weighted by Gasteiger charge is 2.17. The minimum Gasteiger partial charge on any atom is -0.508 e. The summed E-state index contributed by atoms with van der Waals surface area (Å²) in [6, 6.07) is 6.88. The molecule has 3 nitrogen and oxygen atoms in total. The van der Waals surface area contributed by atoms with Crippen molar-refractivity contribution in [1.82, 2.24) is 0 Å². The van der Waals surface area contributed by atoms with Gasteiger partial charge in [0, 0.05) is 11.6 Å². The van der Waals surface area contributed by atoms with Crippen molar-refractivity contribution in [2.24, 2.45) is 0 Å². The van der Waals surface area contributed by atoms with Gasteiger partial charge >= 0.3 is 5.97 Å². The van der Waals surface area contributed by atoms with E-state index in [0.29, 0.717) is 12.0 Å². The molecule has 1 aromatic rings. The van der Waals surface area contributed by atoms with Gasteiger partial charge in [-0.05, 0) is 12.5 Å². The fourth-order valence-electron chi connectivity index (χ4n) is 1.49. The van der Waals surface area contributed by atoms with Gasteiger partial charge in [-0.25, -0.2) is 4.79 Å². The van der Waals surface area contributed by atoms with Gasteiger partial charge in [-0.3, -0.25) is 0 Å². The topological polar surface area (TPSA) is 46.5 Å². The zero-order valence-corrected chi connectivity index (χ0v) is 9.35. The van der Waals surface area contributed by atoms with Crippen LogP contribution in [0.3, 0.4) is 0 Å². The Kier molecular flexibility index (Phi) is 4.58. The molecular formula is C13H16O3. The predicted octanol–water partition coefficient (Wildman–Crippen LogP) is 2.96. The van der Waals surface area contributed by atoms with E-state index in [1.807, 2.05) is 6.92 Å². The van der Waals surface area contributed by atoms with E-state index in [4.69, 9.17) is 4.74 Å². The summed E-state index contributed by atoms with van der Waals surface area (Å²) in [5.74, 6) is -0.320. The van der Waals surface area contributed by atoms with Crippen molar-refractivity contribution >= 4 is 5.97 Å². The molecule has 0 heterocycles. The number of hydrogen-bond donors (Lipinski definition) is 1. The fraction of sp³-hybridized carbons (Fsp3) is 0.308. The van der Waals surface area contributed by atoms with Crippen LogP contribution >= 0.6 is 0 Å². The molecule has 0 saturated heterocycles.